The number of rotatable bonds is 2. The lowest BCUT2D eigenvalue weighted by atomic mass is 9.42. The monoisotopic (exact) mass is 792 g/mol. The smallest absolute Gasteiger partial charge is 0.333 e. The molecule has 12 rings (SSSR count). The zero-order valence-corrected chi connectivity index (χ0v) is 37.0. The highest BCUT2D eigenvalue weighted by Crippen LogP contribution is 2.58. The van der Waals surface area contributed by atoms with Crippen LogP contribution in [0.5, 0.6) is 0 Å². The van der Waals surface area contributed by atoms with E-state index in [-0.39, 0.29) is 28.5 Å². The number of nitrogens with zero attached hydrogens (tertiary/aromatic N) is 2. The van der Waals surface area contributed by atoms with Crippen molar-refractivity contribution in [3.63, 3.8) is 0 Å². The number of para-hydroxylation sites is 3. The van der Waals surface area contributed by atoms with Gasteiger partial charge < -0.3 is 14.1 Å². The van der Waals surface area contributed by atoms with E-state index in [1.807, 2.05) is 0 Å². The molecule has 3 aliphatic heterocycles. The van der Waals surface area contributed by atoms with Gasteiger partial charge in [0.2, 0.25) is 0 Å². The summed E-state index contributed by atoms with van der Waals surface area (Å²) >= 11 is 0. The van der Waals surface area contributed by atoms with Crippen LogP contribution in [0.15, 0.2) is 138 Å². The second-order valence-corrected chi connectivity index (χ2v) is 21.2. The Morgan fingerprint density at radius 3 is 2.02 bits per heavy atom. The minimum atomic E-state index is -0.230. The Hall–Kier alpha value is -6.00. The Balaban J connectivity index is 1.23. The van der Waals surface area contributed by atoms with Crippen molar-refractivity contribution in [3.8, 4) is 22.3 Å². The van der Waals surface area contributed by atoms with Crippen LogP contribution >= 0.6 is 0 Å². The normalized spacial score (nSPS) is 17.4. The van der Waals surface area contributed by atoms with Gasteiger partial charge in [-0.05, 0) is 121 Å². The molecule has 0 N–H and O–H groups in total. The Morgan fingerprint density at radius 1 is 0.541 bits per heavy atom. The topological polar surface area (TPSA) is 19.6 Å². The van der Waals surface area contributed by atoms with E-state index in [0.717, 1.165) is 27.6 Å². The van der Waals surface area contributed by atoms with Gasteiger partial charge in [-0.3, -0.25) is 0 Å². The molecule has 61 heavy (non-hydrogen) atoms. The molecule has 0 radical (unpaired) electrons. The van der Waals surface area contributed by atoms with E-state index < -0.39 is 0 Å². The predicted molar refractivity (Wildman–Crippen MR) is 259 cm³/mol. The lowest BCUT2D eigenvalue weighted by Crippen LogP contribution is -2.62. The zero-order chi connectivity index (χ0) is 42.0. The SMILES string of the molecule is CC(C)(C)c1cc2c3c(c1)N1c4cc5c(cc4C(C)(C)c4cccc(c41)B3N(c1cccc3c1oc1ccccc13)c1ccc(-c3ccccc3)cc1-2)C(C)(C)CCC5(C)C. The fourth-order valence-electron chi connectivity index (χ4n) is 11.6. The molecular formula is C57H53BN2O. The van der Waals surface area contributed by atoms with Gasteiger partial charge in [0.1, 0.15) is 5.58 Å². The molecule has 3 nitrogen and oxygen atoms in total. The molecule has 7 aromatic carbocycles. The first-order chi connectivity index (χ1) is 29.1. The van der Waals surface area contributed by atoms with Gasteiger partial charge in [-0.15, -0.1) is 0 Å². The molecule has 0 saturated heterocycles. The molecule has 0 bridgehead atoms. The molecule has 0 unspecified atom stereocenters. The van der Waals surface area contributed by atoms with E-state index in [1.54, 1.807) is 0 Å². The molecule has 1 aliphatic carbocycles. The maximum Gasteiger partial charge on any atom is 0.333 e. The third kappa shape index (κ3) is 4.99. The van der Waals surface area contributed by atoms with Gasteiger partial charge in [0.05, 0.1) is 11.4 Å². The highest BCUT2D eigenvalue weighted by Gasteiger charge is 2.51. The van der Waals surface area contributed by atoms with Crippen molar-refractivity contribution in [3.05, 3.63) is 161 Å². The van der Waals surface area contributed by atoms with Gasteiger partial charge in [-0.2, -0.15) is 0 Å². The fourth-order valence-corrected chi connectivity index (χ4v) is 11.6. The van der Waals surface area contributed by atoms with Gasteiger partial charge >= 0.3 is 6.85 Å². The zero-order valence-electron chi connectivity index (χ0n) is 37.0. The van der Waals surface area contributed by atoms with Crippen LogP contribution in [0.3, 0.4) is 0 Å². The Morgan fingerprint density at radius 2 is 1.25 bits per heavy atom. The summed E-state index contributed by atoms with van der Waals surface area (Å²) in [6.07, 6.45) is 2.37. The van der Waals surface area contributed by atoms with Crippen LogP contribution < -0.4 is 20.6 Å². The Bertz CT molecular complexity index is 3180. The molecule has 1 aromatic heterocycles. The van der Waals surface area contributed by atoms with Crippen molar-refractivity contribution in [1.29, 1.82) is 0 Å². The molecule has 8 aromatic rings. The van der Waals surface area contributed by atoms with E-state index in [4.69, 9.17) is 4.42 Å². The first kappa shape index (κ1) is 36.8. The van der Waals surface area contributed by atoms with Crippen molar-refractivity contribution in [2.45, 2.75) is 96.8 Å². The molecule has 0 fully saturated rings. The Kier molecular flexibility index (Phi) is 7.30. The predicted octanol–water partition coefficient (Wildman–Crippen LogP) is 14.2. The van der Waals surface area contributed by atoms with Crippen LogP contribution in [-0.4, -0.2) is 6.85 Å². The maximum absolute atomic E-state index is 6.92. The molecule has 0 atom stereocenters. The summed E-state index contributed by atoms with van der Waals surface area (Å²) in [5, 5.41) is 2.29. The van der Waals surface area contributed by atoms with Gasteiger partial charge in [0.25, 0.3) is 0 Å². The molecule has 300 valence electrons. The fraction of sp³-hybridized carbons (Fsp3) is 0.263. The molecule has 0 saturated carbocycles. The van der Waals surface area contributed by atoms with Crippen molar-refractivity contribution in [2.75, 3.05) is 9.71 Å². The first-order valence-corrected chi connectivity index (χ1v) is 22.3. The lowest BCUT2D eigenvalue weighted by molar-refractivity contribution is 0.331. The number of anilines is 5. The van der Waals surface area contributed by atoms with E-state index in [9.17, 15) is 0 Å². The van der Waals surface area contributed by atoms with Crippen LogP contribution in [0.4, 0.5) is 28.4 Å². The highest BCUT2D eigenvalue weighted by molar-refractivity contribution is 6.93. The number of hydrogen-bond acceptors (Lipinski definition) is 3. The third-order valence-corrected chi connectivity index (χ3v) is 15.2. The van der Waals surface area contributed by atoms with E-state index >= 15 is 0 Å². The molecule has 4 heterocycles. The third-order valence-electron chi connectivity index (χ3n) is 15.2. The van der Waals surface area contributed by atoms with Crippen molar-refractivity contribution in [1.82, 2.24) is 0 Å². The average Bonchev–Trinajstić information content (AvgIpc) is 3.63. The maximum atomic E-state index is 6.92. The second kappa shape index (κ2) is 12.1. The number of hydrogen-bond donors (Lipinski definition) is 0. The van der Waals surface area contributed by atoms with Crippen molar-refractivity contribution < 1.29 is 4.42 Å². The molecular weight excluding hydrogens is 739 g/mol. The van der Waals surface area contributed by atoms with Crippen LogP contribution in [0.1, 0.15) is 103 Å². The molecule has 4 heteroatoms. The van der Waals surface area contributed by atoms with Crippen LogP contribution in [0.25, 0.3) is 44.2 Å². The minimum absolute atomic E-state index is 0.0731. The largest absolute Gasteiger partial charge is 0.454 e. The number of fused-ring (bicyclic) bond motifs is 10. The average molecular weight is 793 g/mol. The number of benzene rings is 7. The van der Waals surface area contributed by atoms with Gasteiger partial charge in [-0.25, -0.2) is 0 Å². The lowest BCUT2D eigenvalue weighted by Gasteiger charge is -2.52. The standard InChI is InChI=1S/C57H53BN2O/c1-54(2,3)36-30-40-39-29-35(34-17-11-10-12-18-34)25-26-46(39)60(47-23-15-20-38-37-19-13-14-24-50(37)61-53(38)47)58-45-22-16-21-41-52(45)59(49(31-36)51(40)58)48-33-43-42(32-44(48)57(41,8)9)55(4,5)27-28-56(43,6)7/h10-26,29-33H,27-28H2,1-9H3. The summed E-state index contributed by atoms with van der Waals surface area (Å²) in [7, 11) is 0. The Labute approximate surface area is 361 Å². The summed E-state index contributed by atoms with van der Waals surface area (Å²) in [4.78, 5) is 5.34. The van der Waals surface area contributed by atoms with Gasteiger partial charge in [-0.1, -0.05) is 159 Å². The molecule has 0 amide bonds. The van der Waals surface area contributed by atoms with Crippen LogP contribution in [0, 0.1) is 0 Å². The van der Waals surface area contributed by atoms with Gasteiger partial charge in [0.15, 0.2) is 5.58 Å². The number of furan rings is 1. The summed E-state index contributed by atoms with van der Waals surface area (Å²) in [6, 6.07) is 50.7. The first-order valence-electron chi connectivity index (χ1n) is 22.3. The van der Waals surface area contributed by atoms with E-state index in [0.29, 0.717) is 0 Å². The van der Waals surface area contributed by atoms with Crippen molar-refractivity contribution in [2.24, 2.45) is 0 Å². The molecule has 4 aliphatic rings. The summed E-state index contributed by atoms with van der Waals surface area (Å²) < 4.78 is 6.92. The molecule has 0 spiro atoms. The summed E-state index contributed by atoms with van der Waals surface area (Å²) in [5.74, 6) is 0. The second-order valence-electron chi connectivity index (χ2n) is 21.2. The summed E-state index contributed by atoms with van der Waals surface area (Å²) in [6.45, 7) is 21.8. The van der Waals surface area contributed by atoms with Gasteiger partial charge in [0, 0.05) is 38.8 Å². The van der Waals surface area contributed by atoms with E-state index in [2.05, 4.69) is 205 Å². The van der Waals surface area contributed by atoms with Crippen LogP contribution in [-0.2, 0) is 21.7 Å². The van der Waals surface area contributed by atoms with Crippen molar-refractivity contribution >= 4 is 68.1 Å². The quantitative estimate of drug-likeness (QED) is 0.163. The highest BCUT2D eigenvalue weighted by atomic mass is 16.3. The van der Waals surface area contributed by atoms with E-state index in [1.165, 1.54) is 96.6 Å². The summed E-state index contributed by atoms with van der Waals surface area (Å²) in [5.41, 5.74) is 22.8. The minimum Gasteiger partial charge on any atom is -0.454 e. The van der Waals surface area contributed by atoms with Crippen LogP contribution in [0.2, 0.25) is 0 Å².